The highest BCUT2D eigenvalue weighted by Crippen LogP contribution is 2.06. The third kappa shape index (κ3) is 7.09. The summed E-state index contributed by atoms with van der Waals surface area (Å²) in [5, 5.41) is 14.3. The van der Waals surface area contributed by atoms with Crippen molar-refractivity contribution in [2.45, 2.75) is 44.7 Å². The number of unbranched alkanes of at least 4 members (excludes halogenated alkanes) is 1. The minimum atomic E-state index is -1.09. The van der Waals surface area contributed by atoms with Crippen molar-refractivity contribution in [1.29, 1.82) is 0 Å². The van der Waals surface area contributed by atoms with Crippen molar-refractivity contribution < 1.29 is 19.5 Å². The lowest BCUT2D eigenvalue weighted by Gasteiger charge is -2.21. The molecule has 0 radical (unpaired) electrons. The molecule has 130 valence electrons. The van der Waals surface area contributed by atoms with E-state index in [1.165, 1.54) is 6.92 Å². The Kier molecular flexibility index (Phi) is 8.25. The smallest absolute Gasteiger partial charge is 0.326 e. The van der Waals surface area contributed by atoms with Crippen LogP contribution in [-0.4, -0.2) is 35.0 Å². The van der Waals surface area contributed by atoms with E-state index in [-0.39, 0.29) is 5.91 Å². The minimum absolute atomic E-state index is 0.297. The number of hydrogen-bond acceptors (Lipinski definition) is 3. The predicted octanol–water partition coefficient (Wildman–Crippen LogP) is 1.66. The Morgan fingerprint density at radius 3 is 2.38 bits per heavy atom. The van der Waals surface area contributed by atoms with Gasteiger partial charge >= 0.3 is 5.97 Å². The molecule has 0 aliphatic carbocycles. The fourth-order valence-electron chi connectivity index (χ4n) is 2.30. The minimum Gasteiger partial charge on any atom is -0.480 e. The second-order valence-electron chi connectivity index (χ2n) is 5.56. The van der Waals surface area contributed by atoms with Gasteiger partial charge in [-0.05, 0) is 24.8 Å². The molecule has 1 aromatic rings. The standard InChI is InChI=1S/C18H24N2O4/c1-3-4-6-11-15(18(23)24)20-17(22)16(19-13(2)21)12-14-9-7-5-8-10-14/h3,5,7-10,15-16H,1,4,6,11-12H2,2H3,(H,19,21)(H,20,22)(H,23,24)/t15-,16+/m1/s1. The largest absolute Gasteiger partial charge is 0.480 e. The van der Waals surface area contributed by atoms with Crippen LogP contribution in [0.5, 0.6) is 0 Å². The summed E-state index contributed by atoms with van der Waals surface area (Å²) in [6.07, 6.45) is 3.61. The summed E-state index contributed by atoms with van der Waals surface area (Å²) in [5.74, 6) is -1.93. The fraction of sp³-hybridized carbons (Fsp3) is 0.389. The lowest BCUT2D eigenvalue weighted by Crippen LogP contribution is -2.52. The van der Waals surface area contributed by atoms with Crippen LogP contribution in [0.25, 0.3) is 0 Å². The molecule has 0 aliphatic rings. The molecule has 0 bridgehead atoms. The topological polar surface area (TPSA) is 95.5 Å². The third-order valence-electron chi connectivity index (χ3n) is 3.49. The number of carbonyl (C=O) groups is 3. The van der Waals surface area contributed by atoms with E-state index in [0.29, 0.717) is 25.7 Å². The quantitative estimate of drug-likeness (QED) is 0.448. The maximum Gasteiger partial charge on any atom is 0.326 e. The van der Waals surface area contributed by atoms with E-state index in [0.717, 1.165) is 5.56 Å². The number of rotatable bonds is 10. The van der Waals surface area contributed by atoms with Gasteiger partial charge in [0.1, 0.15) is 12.1 Å². The van der Waals surface area contributed by atoms with Crippen molar-refractivity contribution in [2.24, 2.45) is 0 Å². The Hall–Kier alpha value is -2.63. The summed E-state index contributed by atoms with van der Waals surface area (Å²) in [4.78, 5) is 35.1. The van der Waals surface area contributed by atoms with E-state index < -0.39 is 24.0 Å². The van der Waals surface area contributed by atoms with E-state index in [1.807, 2.05) is 30.3 Å². The van der Waals surface area contributed by atoms with E-state index in [2.05, 4.69) is 17.2 Å². The van der Waals surface area contributed by atoms with Crippen molar-refractivity contribution in [3.8, 4) is 0 Å². The van der Waals surface area contributed by atoms with Crippen molar-refractivity contribution in [1.82, 2.24) is 10.6 Å². The first-order chi connectivity index (χ1) is 11.4. The van der Waals surface area contributed by atoms with E-state index in [4.69, 9.17) is 0 Å². The summed E-state index contributed by atoms with van der Waals surface area (Å²) in [5.41, 5.74) is 0.880. The first kappa shape index (κ1) is 19.4. The van der Waals surface area contributed by atoms with Crippen LogP contribution in [0.4, 0.5) is 0 Å². The SMILES string of the molecule is C=CCCC[C@@H](NC(=O)[C@H](Cc1ccccc1)NC(C)=O)C(=O)O. The number of amides is 2. The lowest BCUT2D eigenvalue weighted by molar-refractivity contribution is -0.142. The van der Waals surface area contributed by atoms with Gasteiger partial charge in [0, 0.05) is 13.3 Å². The summed E-state index contributed by atoms with van der Waals surface area (Å²) in [6.45, 7) is 4.91. The van der Waals surface area contributed by atoms with Crippen molar-refractivity contribution in [2.75, 3.05) is 0 Å². The molecular weight excluding hydrogens is 308 g/mol. The van der Waals surface area contributed by atoms with Crippen LogP contribution >= 0.6 is 0 Å². The second kappa shape index (κ2) is 10.2. The summed E-state index contributed by atoms with van der Waals surface area (Å²) < 4.78 is 0. The molecule has 0 aliphatic heterocycles. The molecule has 24 heavy (non-hydrogen) atoms. The molecule has 6 heteroatoms. The van der Waals surface area contributed by atoms with Crippen molar-refractivity contribution in [3.63, 3.8) is 0 Å². The monoisotopic (exact) mass is 332 g/mol. The Bertz CT molecular complexity index is 572. The summed E-state index contributed by atoms with van der Waals surface area (Å²) in [6, 6.07) is 7.44. The number of carboxylic acid groups (broad SMARTS) is 1. The van der Waals surface area contributed by atoms with E-state index >= 15 is 0 Å². The molecule has 0 heterocycles. The highest BCUT2D eigenvalue weighted by atomic mass is 16.4. The lowest BCUT2D eigenvalue weighted by atomic mass is 10.0. The second-order valence-corrected chi connectivity index (χ2v) is 5.56. The molecule has 1 rings (SSSR count). The summed E-state index contributed by atoms with van der Waals surface area (Å²) in [7, 11) is 0. The van der Waals surface area contributed by atoms with Gasteiger partial charge in [-0.25, -0.2) is 4.79 Å². The highest BCUT2D eigenvalue weighted by Gasteiger charge is 2.25. The molecule has 0 aromatic heterocycles. The number of aliphatic carboxylic acids is 1. The molecular formula is C18H24N2O4. The van der Waals surface area contributed by atoms with Gasteiger partial charge in [0.25, 0.3) is 0 Å². The maximum absolute atomic E-state index is 12.4. The molecule has 0 saturated carbocycles. The molecule has 0 unspecified atom stereocenters. The number of carbonyl (C=O) groups excluding carboxylic acids is 2. The first-order valence-corrected chi connectivity index (χ1v) is 7.89. The number of carboxylic acids is 1. The number of hydrogen-bond donors (Lipinski definition) is 3. The van der Waals surface area contributed by atoms with Crippen molar-refractivity contribution in [3.05, 3.63) is 48.6 Å². The van der Waals surface area contributed by atoms with Crippen LogP contribution in [-0.2, 0) is 20.8 Å². The van der Waals surface area contributed by atoms with Gasteiger partial charge < -0.3 is 15.7 Å². The van der Waals surface area contributed by atoms with Crippen LogP contribution in [0.15, 0.2) is 43.0 Å². The molecule has 0 spiro atoms. The number of allylic oxidation sites excluding steroid dienone is 1. The Morgan fingerprint density at radius 1 is 1.17 bits per heavy atom. The summed E-state index contributed by atoms with van der Waals surface area (Å²) >= 11 is 0. The van der Waals surface area contributed by atoms with Gasteiger partial charge in [0.2, 0.25) is 11.8 Å². The Labute approximate surface area is 141 Å². The van der Waals surface area contributed by atoms with E-state index in [1.54, 1.807) is 6.08 Å². The molecule has 2 atom stereocenters. The zero-order valence-electron chi connectivity index (χ0n) is 13.8. The maximum atomic E-state index is 12.4. The molecule has 0 saturated heterocycles. The van der Waals surface area contributed by atoms with Gasteiger partial charge in [-0.1, -0.05) is 36.4 Å². The predicted molar refractivity (Wildman–Crippen MR) is 91.4 cm³/mol. The molecule has 3 N–H and O–H groups in total. The van der Waals surface area contributed by atoms with Gasteiger partial charge in [-0.15, -0.1) is 6.58 Å². The molecule has 2 amide bonds. The zero-order valence-corrected chi connectivity index (χ0v) is 13.8. The normalized spacial score (nSPS) is 12.7. The molecule has 6 nitrogen and oxygen atoms in total. The van der Waals surface area contributed by atoms with Gasteiger partial charge in [-0.3, -0.25) is 9.59 Å². The fourth-order valence-corrected chi connectivity index (χ4v) is 2.30. The number of benzene rings is 1. The number of nitrogens with one attached hydrogen (secondary N) is 2. The van der Waals surface area contributed by atoms with Crippen LogP contribution in [0.1, 0.15) is 31.7 Å². The average Bonchev–Trinajstić information content (AvgIpc) is 2.53. The third-order valence-corrected chi connectivity index (χ3v) is 3.49. The molecule has 0 fully saturated rings. The molecule has 1 aromatic carbocycles. The van der Waals surface area contributed by atoms with Crippen LogP contribution in [0, 0.1) is 0 Å². The van der Waals surface area contributed by atoms with Crippen LogP contribution in [0.3, 0.4) is 0 Å². The van der Waals surface area contributed by atoms with Gasteiger partial charge in [0.05, 0.1) is 0 Å². The van der Waals surface area contributed by atoms with Gasteiger partial charge in [-0.2, -0.15) is 0 Å². The zero-order chi connectivity index (χ0) is 17.9. The Balaban J connectivity index is 2.76. The van der Waals surface area contributed by atoms with Crippen LogP contribution in [0.2, 0.25) is 0 Å². The van der Waals surface area contributed by atoms with Crippen molar-refractivity contribution >= 4 is 17.8 Å². The first-order valence-electron chi connectivity index (χ1n) is 7.89. The Morgan fingerprint density at radius 2 is 1.83 bits per heavy atom. The average molecular weight is 332 g/mol. The van der Waals surface area contributed by atoms with Gasteiger partial charge in [0.15, 0.2) is 0 Å². The highest BCUT2D eigenvalue weighted by molar-refractivity contribution is 5.90. The van der Waals surface area contributed by atoms with Crippen LogP contribution < -0.4 is 10.6 Å². The van der Waals surface area contributed by atoms with E-state index in [9.17, 15) is 19.5 Å².